The molecule has 0 saturated carbocycles. The minimum Gasteiger partial charge on any atom is -0.465 e. The summed E-state index contributed by atoms with van der Waals surface area (Å²) < 4.78 is 12.7. The van der Waals surface area contributed by atoms with Gasteiger partial charge >= 0.3 is 11.9 Å². The Balaban J connectivity index is 1.19. The third-order valence-electron chi connectivity index (χ3n) is 7.24. The van der Waals surface area contributed by atoms with Gasteiger partial charge in [0, 0.05) is 77.3 Å². The molecule has 50 heavy (non-hydrogen) atoms. The molecule has 0 amide bonds. The smallest absolute Gasteiger partial charge is 0.316 e. The van der Waals surface area contributed by atoms with Gasteiger partial charge in [-0.05, 0) is 52.6 Å². The number of benzene rings is 2. The van der Waals surface area contributed by atoms with E-state index in [0.29, 0.717) is 32.6 Å². The van der Waals surface area contributed by atoms with Crippen LogP contribution in [0.25, 0.3) is 18.2 Å². The molecule has 0 spiro atoms. The molecule has 1 heterocycles. The quantitative estimate of drug-likeness (QED) is 0.0282. The zero-order chi connectivity index (χ0) is 36.0. The van der Waals surface area contributed by atoms with E-state index in [9.17, 15) is 9.59 Å². The minimum absolute atomic E-state index is 0.168. The monoisotopic (exact) mass is 713 g/mol. The number of carbonyl (C=O) groups excluding carboxylic acids is 2. The summed E-state index contributed by atoms with van der Waals surface area (Å²) in [5.74, 6) is -0.256. The molecule has 0 aliphatic heterocycles. The van der Waals surface area contributed by atoms with Crippen LogP contribution in [-0.2, 0) is 25.6 Å². The summed E-state index contributed by atoms with van der Waals surface area (Å²) in [7, 11) is 10.7. The van der Waals surface area contributed by atoms with Crippen LogP contribution in [-0.4, -0.2) is 77.6 Å². The van der Waals surface area contributed by atoms with Crippen LogP contribution in [0.4, 0.5) is 11.4 Å². The number of aromatic nitrogens is 1. The number of ether oxygens (including phenoxy) is 2. The maximum absolute atomic E-state index is 12.1. The molecule has 3 aromatic rings. The molecule has 0 saturated heterocycles. The first kappa shape index (κ1) is 39.9. The maximum Gasteiger partial charge on any atom is 0.316 e. The summed E-state index contributed by atoms with van der Waals surface area (Å²) in [5.41, 5.74) is 6.65. The summed E-state index contributed by atoms with van der Waals surface area (Å²) >= 11 is 0. The van der Waals surface area contributed by atoms with Crippen LogP contribution in [0.5, 0.6) is 0 Å². The number of carbonyl (C=O) groups is 2. The maximum atomic E-state index is 12.1. The summed E-state index contributed by atoms with van der Waals surface area (Å²) in [6.45, 7) is 5.81. The summed E-state index contributed by atoms with van der Waals surface area (Å²) in [6.07, 6.45) is 19.0. The van der Waals surface area contributed by atoms with Gasteiger partial charge in [-0.15, -0.1) is 0 Å². The van der Waals surface area contributed by atoms with E-state index < -0.39 is 0 Å². The molecule has 0 bridgehead atoms. The fraction of sp³-hybridized carbons (Fsp3) is 0.300. The highest BCUT2D eigenvalue weighted by Crippen LogP contribution is 2.21. The Kier molecular flexibility index (Phi) is 18.3. The molecule has 0 aliphatic carbocycles. The lowest BCUT2D eigenvalue weighted by Gasteiger charge is -2.11. The lowest BCUT2D eigenvalue weighted by molar-refractivity contribution is -0.697. The van der Waals surface area contributed by atoms with Gasteiger partial charge in [0.1, 0.15) is 11.5 Å². The minimum atomic E-state index is -0.311. The van der Waals surface area contributed by atoms with Gasteiger partial charge in [0.2, 0.25) is 0 Å². The molecule has 264 valence electrons. The van der Waals surface area contributed by atoms with Crippen molar-refractivity contribution >= 4 is 69.3 Å². The second kappa shape index (κ2) is 23.0. The van der Waals surface area contributed by atoms with E-state index in [4.69, 9.17) is 9.47 Å². The van der Waals surface area contributed by atoms with Gasteiger partial charge in [0.05, 0.1) is 13.2 Å². The van der Waals surface area contributed by atoms with Crippen molar-refractivity contribution < 1.29 is 23.6 Å². The van der Waals surface area contributed by atoms with Crippen molar-refractivity contribution in [3.8, 4) is 0 Å². The van der Waals surface area contributed by atoms with Crippen LogP contribution in [0.1, 0.15) is 29.5 Å². The van der Waals surface area contributed by atoms with Crippen LogP contribution in [0.3, 0.4) is 0 Å². The fourth-order valence-electron chi connectivity index (χ4n) is 4.32. The van der Waals surface area contributed by atoms with E-state index in [0.717, 1.165) is 34.5 Å². The number of nitrogens with zero attached hydrogens (tertiary/aromatic N) is 4. The van der Waals surface area contributed by atoms with Crippen molar-refractivity contribution in [2.45, 2.75) is 19.4 Å². The summed E-state index contributed by atoms with van der Waals surface area (Å²) in [4.78, 5) is 32.6. The van der Waals surface area contributed by atoms with Crippen LogP contribution in [0, 0.1) is 0 Å². The molecule has 0 radical (unpaired) electrons. The second-order valence-electron chi connectivity index (χ2n) is 11.6. The van der Waals surface area contributed by atoms with E-state index in [-0.39, 0.29) is 23.4 Å². The van der Waals surface area contributed by atoms with Crippen molar-refractivity contribution in [2.24, 2.45) is 4.99 Å². The molecular weight excluding hydrogens is 665 g/mol. The SMILES string of the molecule is C=CC(/C=C/c1ccc(N(C)C)cc1)=C\C=NCCCOC(=O)CSSCC(=O)OCCC[n+]1ccc(/C=C/c2ccc(N(C)C)cc2)cc1. The third kappa shape index (κ3) is 16.2. The highest BCUT2D eigenvalue weighted by molar-refractivity contribution is 8.77. The molecule has 0 N–H and O–H groups in total. The number of rotatable bonds is 21. The Morgan fingerprint density at radius 3 is 1.76 bits per heavy atom. The number of aliphatic imine (C=N–C) groups is 1. The van der Waals surface area contributed by atoms with Crippen molar-refractivity contribution in [1.29, 1.82) is 0 Å². The van der Waals surface area contributed by atoms with E-state index in [2.05, 4.69) is 98.8 Å². The van der Waals surface area contributed by atoms with Crippen molar-refractivity contribution in [3.63, 3.8) is 0 Å². The highest BCUT2D eigenvalue weighted by Gasteiger charge is 2.08. The summed E-state index contributed by atoms with van der Waals surface area (Å²) in [6, 6.07) is 20.8. The fourth-order valence-corrected chi connectivity index (χ4v) is 5.93. The Labute approximate surface area is 305 Å². The molecule has 0 atom stereocenters. The first-order chi connectivity index (χ1) is 24.2. The van der Waals surface area contributed by atoms with Crippen LogP contribution in [0.2, 0.25) is 0 Å². The highest BCUT2D eigenvalue weighted by atomic mass is 33.1. The molecule has 0 fully saturated rings. The van der Waals surface area contributed by atoms with Gasteiger partial charge < -0.3 is 19.3 Å². The van der Waals surface area contributed by atoms with Gasteiger partial charge in [-0.1, -0.05) is 82.8 Å². The zero-order valence-electron chi connectivity index (χ0n) is 29.6. The van der Waals surface area contributed by atoms with Crippen molar-refractivity contribution in [3.05, 3.63) is 120 Å². The van der Waals surface area contributed by atoms with Crippen LogP contribution in [0.15, 0.2) is 108 Å². The summed E-state index contributed by atoms with van der Waals surface area (Å²) in [5, 5.41) is 0. The molecule has 0 unspecified atom stereocenters. The Morgan fingerprint density at radius 2 is 1.24 bits per heavy atom. The third-order valence-corrected chi connectivity index (χ3v) is 9.32. The van der Waals surface area contributed by atoms with Crippen LogP contribution >= 0.6 is 21.6 Å². The van der Waals surface area contributed by atoms with Crippen molar-refractivity contribution in [1.82, 2.24) is 0 Å². The Morgan fingerprint density at radius 1 is 0.740 bits per heavy atom. The Bertz CT molecular complexity index is 1600. The topological polar surface area (TPSA) is 75.3 Å². The van der Waals surface area contributed by atoms with Gasteiger partial charge in [0.25, 0.3) is 0 Å². The number of hydrogen-bond donors (Lipinski definition) is 0. The lowest BCUT2D eigenvalue weighted by Crippen LogP contribution is -2.33. The van der Waals surface area contributed by atoms with E-state index >= 15 is 0 Å². The van der Waals surface area contributed by atoms with E-state index in [1.165, 1.54) is 27.3 Å². The number of allylic oxidation sites excluding steroid dienone is 4. The lowest BCUT2D eigenvalue weighted by atomic mass is 10.1. The van der Waals surface area contributed by atoms with Gasteiger partial charge in [-0.3, -0.25) is 14.6 Å². The molecule has 10 heteroatoms. The van der Waals surface area contributed by atoms with Crippen LogP contribution < -0.4 is 14.4 Å². The predicted molar refractivity (Wildman–Crippen MR) is 214 cm³/mol. The second-order valence-corrected chi connectivity index (χ2v) is 14.1. The van der Waals surface area contributed by atoms with E-state index in [1.54, 1.807) is 12.3 Å². The molecule has 1 aromatic heterocycles. The molecule has 2 aromatic carbocycles. The van der Waals surface area contributed by atoms with Gasteiger partial charge in [-0.2, -0.15) is 0 Å². The first-order valence-corrected chi connectivity index (χ1v) is 19.0. The zero-order valence-corrected chi connectivity index (χ0v) is 31.2. The average molecular weight is 714 g/mol. The van der Waals surface area contributed by atoms with E-state index in [1.807, 2.05) is 58.8 Å². The molecular formula is C40H49N4O4S2+. The molecule has 0 aliphatic rings. The van der Waals surface area contributed by atoms with Gasteiger partial charge in [-0.25, -0.2) is 4.57 Å². The predicted octanol–water partition coefficient (Wildman–Crippen LogP) is 7.42. The number of aryl methyl sites for hydroxylation is 1. The largest absolute Gasteiger partial charge is 0.465 e. The van der Waals surface area contributed by atoms with Gasteiger partial charge in [0.15, 0.2) is 18.9 Å². The normalized spacial score (nSPS) is 11.7. The Hall–Kier alpha value is -4.54. The number of pyridine rings is 1. The molecule has 8 nitrogen and oxygen atoms in total. The first-order valence-electron chi connectivity index (χ1n) is 16.5. The molecule has 3 rings (SSSR count). The number of anilines is 2. The average Bonchev–Trinajstić information content (AvgIpc) is 3.12. The van der Waals surface area contributed by atoms with Crippen molar-refractivity contribution in [2.75, 3.05) is 69.3 Å². The number of hydrogen-bond acceptors (Lipinski definition) is 9. The number of esters is 2. The standard InChI is InChI=1S/C40H49N4O4S2/c1-6-33(9-10-34-13-17-37(18-14-34)42(2)3)21-25-41-24-7-29-47-39(45)31-49-50-32-40(46)48-30-8-26-44-27-22-36(23-28-44)12-11-35-15-19-38(20-16-35)43(4)5/h6,9-23,25,27-28H,1,7-8,24,26,29-32H2,2-5H3/q+1/b10-9+,33-21+,41-25?.